The molecule has 0 aromatic rings. The molecule has 0 spiro atoms. The molecule has 0 bridgehead atoms. The summed E-state index contributed by atoms with van der Waals surface area (Å²) in [6.45, 7) is 6.49. The first-order valence-electron chi connectivity index (χ1n) is 25.1. The fourth-order valence-electron chi connectivity index (χ4n) is 7.04. The molecule has 1 unspecified atom stereocenters. The SMILES string of the molecule is CC/C=C\C/C=C\C/C=C\CCCCCCCCCC(=O)OCC(COC(=O)CCCCCCCCCCCCCC)OC(=O)CCCCCCC/C=C\CCCCC. The molecule has 0 aromatic carbocycles. The summed E-state index contributed by atoms with van der Waals surface area (Å²) in [5.41, 5.74) is 0. The summed E-state index contributed by atoms with van der Waals surface area (Å²) in [5, 5.41) is 0. The fourth-order valence-corrected chi connectivity index (χ4v) is 7.04. The van der Waals surface area contributed by atoms with Gasteiger partial charge in [-0.15, -0.1) is 0 Å². The molecule has 0 rings (SSSR count). The van der Waals surface area contributed by atoms with Gasteiger partial charge in [-0.05, 0) is 77.0 Å². The number of carbonyl (C=O) groups is 3. The van der Waals surface area contributed by atoms with Crippen molar-refractivity contribution in [1.29, 1.82) is 0 Å². The van der Waals surface area contributed by atoms with Gasteiger partial charge in [-0.25, -0.2) is 0 Å². The maximum Gasteiger partial charge on any atom is 0.306 e. The van der Waals surface area contributed by atoms with E-state index in [-0.39, 0.29) is 31.1 Å². The minimum Gasteiger partial charge on any atom is -0.462 e. The van der Waals surface area contributed by atoms with Crippen LogP contribution in [0.5, 0.6) is 0 Å². The lowest BCUT2D eigenvalue weighted by molar-refractivity contribution is -0.167. The van der Waals surface area contributed by atoms with Crippen LogP contribution in [0.25, 0.3) is 0 Å². The number of hydrogen-bond acceptors (Lipinski definition) is 6. The van der Waals surface area contributed by atoms with Crippen LogP contribution in [-0.2, 0) is 28.6 Å². The minimum atomic E-state index is -0.777. The van der Waals surface area contributed by atoms with Gasteiger partial charge in [0, 0.05) is 19.3 Å². The Labute approximate surface area is 365 Å². The predicted molar refractivity (Wildman–Crippen MR) is 252 cm³/mol. The fraction of sp³-hybridized carbons (Fsp3) is 0.792. The van der Waals surface area contributed by atoms with E-state index in [4.69, 9.17) is 14.2 Å². The van der Waals surface area contributed by atoms with Crippen LogP contribution < -0.4 is 0 Å². The number of rotatable bonds is 45. The van der Waals surface area contributed by atoms with E-state index < -0.39 is 6.10 Å². The predicted octanol–water partition coefficient (Wildman–Crippen LogP) is 16.3. The van der Waals surface area contributed by atoms with Crippen molar-refractivity contribution in [2.75, 3.05) is 13.2 Å². The van der Waals surface area contributed by atoms with Crippen LogP contribution in [0.3, 0.4) is 0 Å². The van der Waals surface area contributed by atoms with Crippen molar-refractivity contribution in [2.45, 2.75) is 258 Å². The third-order valence-corrected chi connectivity index (χ3v) is 10.8. The Morgan fingerprint density at radius 1 is 0.356 bits per heavy atom. The van der Waals surface area contributed by atoms with Gasteiger partial charge in [0.2, 0.25) is 0 Å². The summed E-state index contributed by atoms with van der Waals surface area (Å²) in [6, 6.07) is 0. The number of ether oxygens (including phenoxy) is 3. The molecule has 0 aliphatic heterocycles. The Kier molecular flexibility index (Phi) is 45.9. The minimum absolute atomic E-state index is 0.0775. The first-order chi connectivity index (χ1) is 29.0. The van der Waals surface area contributed by atoms with Crippen LogP contribution >= 0.6 is 0 Å². The average Bonchev–Trinajstić information content (AvgIpc) is 3.23. The van der Waals surface area contributed by atoms with E-state index in [1.807, 2.05) is 0 Å². The van der Waals surface area contributed by atoms with Crippen LogP contribution in [0.2, 0.25) is 0 Å². The Morgan fingerprint density at radius 3 is 1.08 bits per heavy atom. The number of carbonyl (C=O) groups excluding carboxylic acids is 3. The molecule has 0 aromatic heterocycles. The van der Waals surface area contributed by atoms with E-state index in [1.54, 1.807) is 0 Å². The molecule has 0 saturated heterocycles. The molecule has 6 heteroatoms. The zero-order valence-electron chi connectivity index (χ0n) is 39.0. The summed E-state index contributed by atoms with van der Waals surface area (Å²) in [5.74, 6) is -0.892. The maximum absolute atomic E-state index is 12.7. The zero-order valence-corrected chi connectivity index (χ0v) is 39.0. The molecule has 59 heavy (non-hydrogen) atoms. The molecule has 0 saturated carbocycles. The second-order valence-corrected chi connectivity index (χ2v) is 16.7. The highest BCUT2D eigenvalue weighted by atomic mass is 16.6. The molecular weight excluding hydrogens is 733 g/mol. The van der Waals surface area contributed by atoms with Crippen LogP contribution in [0.4, 0.5) is 0 Å². The summed E-state index contributed by atoms with van der Waals surface area (Å²) in [4.78, 5) is 37.9. The number of esters is 3. The molecular formula is C53H94O6. The molecule has 0 heterocycles. The summed E-state index contributed by atoms with van der Waals surface area (Å²) < 4.78 is 16.8. The number of unbranched alkanes of at least 4 members (excludes halogenated alkanes) is 26. The van der Waals surface area contributed by atoms with Crippen molar-refractivity contribution in [1.82, 2.24) is 0 Å². The van der Waals surface area contributed by atoms with E-state index in [9.17, 15) is 14.4 Å². The Hall–Kier alpha value is -2.63. The highest BCUT2D eigenvalue weighted by molar-refractivity contribution is 5.71. The van der Waals surface area contributed by atoms with Gasteiger partial charge >= 0.3 is 17.9 Å². The van der Waals surface area contributed by atoms with Crippen molar-refractivity contribution in [3.63, 3.8) is 0 Å². The summed E-state index contributed by atoms with van der Waals surface area (Å²) in [6.07, 6.45) is 56.6. The topological polar surface area (TPSA) is 78.9 Å². The van der Waals surface area contributed by atoms with E-state index in [0.717, 1.165) is 96.3 Å². The van der Waals surface area contributed by atoms with Gasteiger partial charge in [0.05, 0.1) is 0 Å². The number of hydrogen-bond donors (Lipinski definition) is 0. The van der Waals surface area contributed by atoms with E-state index in [1.165, 1.54) is 116 Å². The molecule has 0 aliphatic rings. The molecule has 0 N–H and O–H groups in total. The highest BCUT2D eigenvalue weighted by Crippen LogP contribution is 2.15. The second-order valence-electron chi connectivity index (χ2n) is 16.7. The maximum atomic E-state index is 12.7. The summed E-state index contributed by atoms with van der Waals surface area (Å²) >= 11 is 0. The molecule has 0 aliphatic carbocycles. The average molecular weight is 827 g/mol. The lowest BCUT2D eigenvalue weighted by Gasteiger charge is -2.18. The van der Waals surface area contributed by atoms with Gasteiger partial charge in [-0.3, -0.25) is 14.4 Å². The molecule has 342 valence electrons. The van der Waals surface area contributed by atoms with Crippen LogP contribution in [0, 0.1) is 0 Å². The lowest BCUT2D eigenvalue weighted by Crippen LogP contribution is -2.30. The van der Waals surface area contributed by atoms with Crippen molar-refractivity contribution in [3.8, 4) is 0 Å². The van der Waals surface area contributed by atoms with Crippen LogP contribution in [-0.4, -0.2) is 37.2 Å². The molecule has 6 nitrogen and oxygen atoms in total. The third-order valence-electron chi connectivity index (χ3n) is 10.8. The van der Waals surface area contributed by atoms with Crippen molar-refractivity contribution in [2.24, 2.45) is 0 Å². The van der Waals surface area contributed by atoms with Gasteiger partial charge < -0.3 is 14.2 Å². The van der Waals surface area contributed by atoms with Gasteiger partial charge in [0.15, 0.2) is 6.10 Å². The third kappa shape index (κ3) is 46.3. The molecule has 0 radical (unpaired) electrons. The van der Waals surface area contributed by atoms with Crippen molar-refractivity contribution in [3.05, 3.63) is 48.6 Å². The van der Waals surface area contributed by atoms with Gasteiger partial charge in [-0.1, -0.05) is 204 Å². The standard InChI is InChI=1S/C53H94O6/c1-4-7-10-13-16-19-22-25-26-27-28-29-32-34-37-40-43-46-52(55)58-49-50(59-53(56)47-44-41-38-35-31-24-21-18-15-12-9-6-3)48-57-51(54)45-42-39-36-33-30-23-20-17-14-11-8-5-2/h7,10,16,18-19,21,25-26,50H,4-6,8-9,11-15,17,20,22-24,27-49H2,1-3H3/b10-7-,19-16-,21-18-,26-25-. The van der Waals surface area contributed by atoms with Crippen molar-refractivity contribution >= 4 is 17.9 Å². The lowest BCUT2D eigenvalue weighted by atomic mass is 10.0. The highest BCUT2D eigenvalue weighted by Gasteiger charge is 2.19. The Morgan fingerprint density at radius 2 is 0.661 bits per heavy atom. The Balaban J connectivity index is 4.36. The van der Waals surface area contributed by atoms with Gasteiger partial charge in [0.25, 0.3) is 0 Å². The Bertz CT molecular complexity index is 1040. The first-order valence-corrected chi connectivity index (χ1v) is 25.1. The zero-order chi connectivity index (χ0) is 43.0. The van der Waals surface area contributed by atoms with Crippen LogP contribution in [0.15, 0.2) is 48.6 Å². The monoisotopic (exact) mass is 827 g/mol. The molecule has 0 amide bonds. The normalized spacial score (nSPS) is 12.4. The van der Waals surface area contributed by atoms with E-state index in [0.29, 0.717) is 19.3 Å². The molecule has 1 atom stereocenters. The van der Waals surface area contributed by atoms with E-state index >= 15 is 0 Å². The van der Waals surface area contributed by atoms with Crippen molar-refractivity contribution < 1.29 is 28.6 Å². The molecule has 0 fully saturated rings. The largest absolute Gasteiger partial charge is 0.462 e. The number of allylic oxidation sites excluding steroid dienone is 8. The second kappa shape index (κ2) is 48.0. The first kappa shape index (κ1) is 56.4. The van der Waals surface area contributed by atoms with Crippen LogP contribution in [0.1, 0.15) is 252 Å². The smallest absolute Gasteiger partial charge is 0.306 e. The van der Waals surface area contributed by atoms with Gasteiger partial charge in [0.1, 0.15) is 13.2 Å². The quantitative estimate of drug-likeness (QED) is 0.0263. The van der Waals surface area contributed by atoms with E-state index in [2.05, 4.69) is 69.4 Å². The van der Waals surface area contributed by atoms with Gasteiger partial charge in [-0.2, -0.15) is 0 Å². The summed E-state index contributed by atoms with van der Waals surface area (Å²) in [7, 11) is 0.